The first-order chi connectivity index (χ1) is 7.96. The normalized spacial score (nSPS) is 18.6. The van der Waals surface area contributed by atoms with Crippen LogP contribution in [0, 0.1) is 0 Å². The molecule has 0 saturated carbocycles. The number of hydrogen-bond acceptors (Lipinski definition) is 2. The Hall–Kier alpha value is -1.29. The van der Waals surface area contributed by atoms with Crippen LogP contribution in [0.15, 0.2) is 24.3 Å². The fourth-order valence-corrected chi connectivity index (χ4v) is 2.52. The number of nitrogens with two attached hydrogens (primary N) is 1. The lowest BCUT2D eigenvalue weighted by Crippen LogP contribution is -2.05. The Morgan fingerprint density at radius 2 is 2.18 bits per heavy atom. The molecule has 1 aliphatic rings. The summed E-state index contributed by atoms with van der Waals surface area (Å²) in [6.45, 7) is 0. The number of anilines is 1. The van der Waals surface area contributed by atoms with Gasteiger partial charge in [0.15, 0.2) is 0 Å². The van der Waals surface area contributed by atoms with E-state index in [4.69, 9.17) is 10.4 Å². The first-order valence-corrected chi connectivity index (χ1v) is 7.11. The highest BCUT2D eigenvalue weighted by atomic mass is 31.2. The van der Waals surface area contributed by atoms with E-state index in [0.717, 1.165) is 30.4 Å². The van der Waals surface area contributed by atoms with Crippen LogP contribution in [0.4, 0.5) is 5.69 Å². The van der Waals surface area contributed by atoms with Gasteiger partial charge in [0.1, 0.15) is 5.75 Å². The van der Waals surface area contributed by atoms with Crippen LogP contribution in [-0.2, 0) is 4.57 Å². The van der Waals surface area contributed by atoms with Gasteiger partial charge in [-0.3, -0.25) is 0 Å². The molecule has 0 saturated heterocycles. The van der Waals surface area contributed by atoms with E-state index in [2.05, 4.69) is 11.2 Å². The molecule has 2 rings (SSSR count). The first-order valence-electron chi connectivity index (χ1n) is 5.38. The highest BCUT2D eigenvalue weighted by molar-refractivity contribution is 7.57. The van der Waals surface area contributed by atoms with Crippen molar-refractivity contribution < 1.29 is 14.6 Å². The Labute approximate surface area is 99.5 Å². The van der Waals surface area contributed by atoms with Crippen LogP contribution in [0.25, 0.3) is 5.57 Å². The molecular weight excluding hydrogens is 239 g/mol. The summed E-state index contributed by atoms with van der Waals surface area (Å²) in [4.78, 5) is 9.15. The largest absolute Gasteiger partial charge is 0.508 e. The summed E-state index contributed by atoms with van der Waals surface area (Å²) in [5.74, 6) is 0.128. The first kappa shape index (κ1) is 12.2. The van der Waals surface area contributed by atoms with Gasteiger partial charge in [-0.1, -0.05) is 6.08 Å². The molecular formula is C11H15N2O3P. The van der Waals surface area contributed by atoms with Gasteiger partial charge in [0.2, 0.25) is 0 Å². The zero-order chi connectivity index (χ0) is 12.5. The minimum atomic E-state index is -3.83. The van der Waals surface area contributed by atoms with Gasteiger partial charge in [0.05, 0.1) is 5.69 Å². The fraction of sp³-hybridized carbons (Fsp3) is 0.273. The van der Waals surface area contributed by atoms with Crippen molar-refractivity contribution >= 4 is 18.9 Å². The van der Waals surface area contributed by atoms with Crippen molar-refractivity contribution in [1.29, 1.82) is 0 Å². The van der Waals surface area contributed by atoms with Crippen molar-refractivity contribution in [3.8, 4) is 5.75 Å². The third-order valence-corrected chi connectivity index (χ3v) is 3.23. The molecule has 1 atom stereocenters. The summed E-state index contributed by atoms with van der Waals surface area (Å²) in [5, 5.41) is 11.9. The Bertz CT molecular complexity index is 507. The van der Waals surface area contributed by atoms with Crippen molar-refractivity contribution in [3.63, 3.8) is 0 Å². The predicted molar refractivity (Wildman–Crippen MR) is 67.6 cm³/mol. The number of phenolic OH excluding ortho intramolecular Hbond substituents is 1. The van der Waals surface area contributed by atoms with Crippen molar-refractivity contribution in [3.05, 3.63) is 29.8 Å². The maximum Gasteiger partial charge on any atom is 0.360 e. The lowest BCUT2D eigenvalue weighted by atomic mass is 10.0. The highest BCUT2D eigenvalue weighted by Gasteiger charge is 2.17. The predicted octanol–water partition coefficient (Wildman–Crippen LogP) is 2.43. The molecule has 0 spiro atoms. The summed E-state index contributed by atoms with van der Waals surface area (Å²) in [6, 6.07) is 4.59. The monoisotopic (exact) mass is 254 g/mol. The van der Waals surface area contributed by atoms with E-state index < -0.39 is 7.67 Å². The zero-order valence-corrected chi connectivity index (χ0v) is 10.2. The molecule has 5 N–H and O–H groups in total. The standard InChI is InChI=1S/C11H15N2O3P/c12-17(15,16)13-11-6-5-9(14)7-10(11)8-3-1-2-4-8/h3,5-7,14H,1-2,4H2,(H4,12,13,15,16). The van der Waals surface area contributed by atoms with Crippen LogP contribution >= 0.6 is 7.67 Å². The summed E-state index contributed by atoms with van der Waals surface area (Å²) < 4.78 is 11.2. The van der Waals surface area contributed by atoms with Crippen LogP contribution in [-0.4, -0.2) is 10.00 Å². The van der Waals surface area contributed by atoms with Crippen molar-refractivity contribution in [1.82, 2.24) is 0 Å². The van der Waals surface area contributed by atoms with Gasteiger partial charge in [-0.25, -0.2) is 10.1 Å². The molecule has 0 heterocycles. The molecule has 0 amide bonds. The second kappa shape index (κ2) is 4.53. The average molecular weight is 254 g/mol. The van der Waals surface area contributed by atoms with Gasteiger partial charge >= 0.3 is 7.67 Å². The number of nitrogens with one attached hydrogen (secondary N) is 1. The lowest BCUT2D eigenvalue weighted by molar-refractivity contribution is 0.474. The van der Waals surface area contributed by atoms with Crippen LogP contribution in [0.3, 0.4) is 0 Å². The van der Waals surface area contributed by atoms with Gasteiger partial charge in [0, 0.05) is 5.56 Å². The van der Waals surface area contributed by atoms with E-state index in [0.29, 0.717) is 5.69 Å². The van der Waals surface area contributed by atoms with Crippen molar-refractivity contribution in [2.75, 3.05) is 5.09 Å². The second-order valence-corrected chi connectivity index (χ2v) is 5.56. The second-order valence-electron chi connectivity index (χ2n) is 4.09. The summed E-state index contributed by atoms with van der Waals surface area (Å²) in [6.07, 6.45) is 5.02. The summed E-state index contributed by atoms with van der Waals surface area (Å²) in [7, 11) is -3.83. The maximum atomic E-state index is 11.2. The SMILES string of the molecule is NP(=O)(O)Nc1ccc(O)cc1C1=CCCC1. The Kier molecular flexibility index (Phi) is 3.24. The molecule has 1 unspecified atom stereocenters. The third kappa shape index (κ3) is 3.09. The zero-order valence-electron chi connectivity index (χ0n) is 9.26. The highest BCUT2D eigenvalue weighted by Crippen LogP contribution is 2.39. The van der Waals surface area contributed by atoms with Crippen molar-refractivity contribution in [2.45, 2.75) is 19.3 Å². The summed E-state index contributed by atoms with van der Waals surface area (Å²) in [5.41, 5.74) is 7.37. The molecule has 6 heteroatoms. The molecule has 1 aliphatic carbocycles. The molecule has 0 fully saturated rings. The molecule has 0 aliphatic heterocycles. The molecule has 0 radical (unpaired) electrons. The van der Waals surface area contributed by atoms with Gasteiger partial charge < -0.3 is 15.1 Å². The van der Waals surface area contributed by atoms with E-state index in [1.807, 2.05) is 0 Å². The number of aromatic hydroxyl groups is 1. The van der Waals surface area contributed by atoms with Gasteiger partial charge in [0.25, 0.3) is 0 Å². The minimum Gasteiger partial charge on any atom is -0.508 e. The lowest BCUT2D eigenvalue weighted by Gasteiger charge is -2.14. The van der Waals surface area contributed by atoms with Crippen LogP contribution < -0.4 is 10.6 Å². The molecule has 0 bridgehead atoms. The smallest absolute Gasteiger partial charge is 0.360 e. The third-order valence-electron chi connectivity index (χ3n) is 2.67. The quantitative estimate of drug-likeness (QED) is 0.490. The van der Waals surface area contributed by atoms with E-state index in [1.54, 1.807) is 12.1 Å². The molecule has 1 aromatic carbocycles. The van der Waals surface area contributed by atoms with Gasteiger partial charge in [-0.2, -0.15) is 0 Å². The fourth-order valence-electron chi connectivity index (χ4n) is 1.98. The molecule has 0 aromatic heterocycles. The Morgan fingerprint density at radius 3 is 2.76 bits per heavy atom. The molecule has 5 nitrogen and oxygen atoms in total. The van der Waals surface area contributed by atoms with Crippen molar-refractivity contribution in [2.24, 2.45) is 5.50 Å². The van der Waals surface area contributed by atoms with Gasteiger partial charge in [-0.15, -0.1) is 0 Å². The van der Waals surface area contributed by atoms with E-state index in [9.17, 15) is 9.67 Å². The molecule has 17 heavy (non-hydrogen) atoms. The topological polar surface area (TPSA) is 95.6 Å². The van der Waals surface area contributed by atoms with E-state index >= 15 is 0 Å². The number of hydrogen-bond donors (Lipinski definition) is 4. The molecule has 92 valence electrons. The maximum absolute atomic E-state index is 11.2. The van der Waals surface area contributed by atoms with Gasteiger partial charge in [-0.05, 0) is 43.0 Å². The number of benzene rings is 1. The van der Waals surface area contributed by atoms with E-state index in [1.165, 1.54) is 6.07 Å². The number of phenols is 1. The van der Waals surface area contributed by atoms with Crippen LogP contribution in [0.5, 0.6) is 5.75 Å². The summed E-state index contributed by atoms with van der Waals surface area (Å²) >= 11 is 0. The van der Waals surface area contributed by atoms with Crippen LogP contribution in [0.2, 0.25) is 0 Å². The molecule has 1 aromatic rings. The minimum absolute atomic E-state index is 0.128. The Balaban J connectivity index is 2.41. The number of allylic oxidation sites excluding steroid dienone is 2. The van der Waals surface area contributed by atoms with Crippen LogP contribution in [0.1, 0.15) is 24.8 Å². The van der Waals surface area contributed by atoms with E-state index in [-0.39, 0.29) is 5.75 Å². The number of rotatable bonds is 3. The average Bonchev–Trinajstić information content (AvgIpc) is 2.71. The Morgan fingerprint density at radius 1 is 1.41 bits per heavy atom.